The lowest BCUT2D eigenvalue weighted by atomic mass is 9.99. The van der Waals surface area contributed by atoms with E-state index in [4.69, 9.17) is 5.84 Å². The van der Waals surface area contributed by atoms with Gasteiger partial charge in [-0.05, 0) is 30.9 Å². The second-order valence-corrected chi connectivity index (χ2v) is 6.35. The second kappa shape index (κ2) is 7.53. The van der Waals surface area contributed by atoms with Crippen molar-refractivity contribution in [2.24, 2.45) is 11.8 Å². The van der Waals surface area contributed by atoms with Crippen molar-refractivity contribution in [3.8, 4) is 0 Å². The van der Waals surface area contributed by atoms with E-state index >= 15 is 0 Å². The van der Waals surface area contributed by atoms with Gasteiger partial charge in [0.25, 0.3) is 0 Å². The van der Waals surface area contributed by atoms with Gasteiger partial charge in [0.2, 0.25) is 0 Å². The SMILES string of the molecule is CC(C)CCCC(NN)C1CCCCS1. The minimum Gasteiger partial charge on any atom is -0.271 e. The van der Waals surface area contributed by atoms with Crippen LogP contribution < -0.4 is 11.3 Å². The van der Waals surface area contributed by atoms with Crippen molar-refractivity contribution in [1.29, 1.82) is 0 Å². The Labute approximate surface area is 98.7 Å². The molecule has 1 heterocycles. The van der Waals surface area contributed by atoms with E-state index in [1.807, 2.05) is 0 Å². The molecule has 0 bridgehead atoms. The first kappa shape index (κ1) is 13.3. The van der Waals surface area contributed by atoms with E-state index in [2.05, 4.69) is 31.0 Å². The number of hydrogen-bond donors (Lipinski definition) is 2. The zero-order valence-electron chi connectivity index (χ0n) is 10.2. The molecule has 2 unspecified atom stereocenters. The first-order chi connectivity index (χ1) is 7.24. The van der Waals surface area contributed by atoms with Gasteiger partial charge in [-0.2, -0.15) is 11.8 Å². The fraction of sp³-hybridized carbons (Fsp3) is 1.00. The zero-order valence-corrected chi connectivity index (χ0v) is 11.0. The molecule has 1 rings (SSSR count). The summed E-state index contributed by atoms with van der Waals surface area (Å²) < 4.78 is 0. The monoisotopic (exact) mass is 230 g/mol. The Morgan fingerprint density at radius 3 is 2.67 bits per heavy atom. The molecule has 0 aliphatic carbocycles. The molecule has 3 N–H and O–H groups in total. The molecule has 15 heavy (non-hydrogen) atoms. The molecule has 0 radical (unpaired) electrons. The molecule has 0 aromatic rings. The fourth-order valence-electron chi connectivity index (χ4n) is 2.21. The molecule has 0 saturated carbocycles. The predicted molar refractivity (Wildman–Crippen MR) is 69.9 cm³/mol. The summed E-state index contributed by atoms with van der Waals surface area (Å²) in [6.45, 7) is 4.58. The summed E-state index contributed by atoms with van der Waals surface area (Å²) >= 11 is 2.11. The highest BCUT2D eigenvalue weighted by Gasteiger charge is 2.22. The first-order valence-electron chi connectivity index (χ1n) is 6.31. The normalized spacial score (nSPS) is 24.4. The molecule has 90 valence electrons. The molecule has 1 aliphatic rings. The van der Waals surface area contributed by atoms with Gasteiger partial charge in [-0.15, -0.1) is 0 Å². The van der Waals surface area contributed by atoms with Gasteiger partial charge in [-0.3, -0.25) is 11.3 Å². The third-order valence-electron chi connectivity index (χ3n) is 3.17. The Kier molecular flexibility index (Phi) is 6.69. The lowest BCUT2D eigenvalue weighted by Crippen LogP contribution is -2.43. The van der Waals surface area contributed by atoms with Crippen LogP contribution in [0.1, 0.15) is 52.4 Å². The molecule has 0 amide bonds. The standard InChI is InChI=1S/C12H26N2S/c1-10(2)6-5-7-11(14-13)12-8-3-4-9-15-12/h10-12,14H,3-9,13H2,1-2H3. The van der Waals surface area contributed by atoms with Crippen molar-refractivity contribution < 1.29 is 0 Å². The highest BCUT2D eigenvalue weighted by atomic mass is 32.2. The first-order valence-corrected chi connectivity index (χ1v) is 7.36. The highest BCUT2D eigenvalue weighted by Crippen LogP contribution is 2.29. The van der Waals surface area contributed by atoms with Crippen molar-refractivity contribution in [3.63, 3.8) is 0 Å². The maximum absolute atomic E-state index is 5.66. The minimum absolute atomic E-state index is 0.536. The number of hydrazine groups is 1. The Morgan fingerprint density at radius 2 is 2.13 bits per heavy atom. The average molecular weight is 230 g/mol. The molecular weight excluding hydrogens is 204 g/mol. The van der Waals surface area contributed by atoms with Crippen LogP contribution in [0.15, 0.2) is 0 Å². The highest BCUT2D eigenvalue weighted by molar-refractivity contribution is 8.00. The molecule has 2 atom stereocenters. The Hall–Kier alpha value is 0.270. The van der Waals surface area contributed by atoms with E-state index < -0.39 is 0 Å². The van der Waals surface area contributed by atoms with E-state index in [-0.39, 0.29) is 0 Å². The van der Waals surface area contributed by atoms with E-state index in [9.17, 15) is 0 Å². The number of hydrogen-bond acceptors (Lipinski definition) is 3. The van der Waals surface area contributed by atoms with Crippen LogP contribution in [0.2, 0.25) is 0 Å². The molecule has 3 heteroatoms. The molecule has 1 aliphatic heterocycles. The fourth-order valence-corrected chi connectivity index (χ4v) is 3.66. The van der Waals surface area contributed by atoms with Gasteiger partial charge in [-0.1, -0.05) is 33.1 Å². The molecule has 1 saturated heterocycles. The molecule has 0 aromatic carbocycles. The maximum Gasteiger partial charge on any atom is 0.0329 e. The van der Waals surface area contributed by atoms with Crippen molar-refractivity contribution in [2.45, 2.75) is 63.7 Å². The van der Waals surface area contributed by atoms with Crippen molar-refractivity contribution in [1.82, 2.24) is 5.43 Å². The Morgan fingerprint density at radius 1 is 1.33 bits per heavy atom. The summed E-state index contributed by atoms with van der Waals surface area (Å²) in [4.78, 5) is 0. The topological polar surface area (TPSA) is 38.0 Å². The Bertz CT molecular complexity index is 156. The van der Waals surface area contributed by atoms with Crippen molar-refractivity contribution in [3.05, 3.63) is 0 Å². The quantitative estimate of drug-likeness (QED) is 0.544. The smallest absolute Gasteiger partial charge is 0.0329 e. The van der Waals surface area contributed by atoms with Gasteiger partial charge >= 0.3 is 0 Å². The van der Waals surface area contributed by atoms with Gasteiger partial charge in [0, 0.05) is 11.3 Å². The van der Waals surface area contributed by atoms with Crippen LogP contribution in [-0.4, -0.2) is 17.0 Å². The molecule has 0 spiro atoms. The van der Waals surface area contributed by atoms with Gasteiger partial charge in [0.1, 0.15) is 0 Å². The molecular formula is C12H26N2S. The van der Waals surface area contributed by atoms with Gasteiger partial charge in [0.15, 0.2) is 0 Å². The van der Waals surface area contributed by atoms with Gasteiger partial charge in [-0.25, -0.2) is 0 Å². The van der Waals surface area contributed by atoms with Crippen LogP contribution in [-0.2, 0) is 0 Å². The summed E-state index contributed by atoms with van der Waals surface area (Å²) in [6, 6.07) is 0.536. The van der Waals surface area contributed by atoms with E-state index in [1.54, 1.807) is 0 Å². The summed E-state index contributed by atoms with van der Waals surface area (Å²) in [7, 11) is 0. The van der Waals surface area contributed by atoms with Crippen LogP contribution in [0.5, 0.6) is 0 Å². The third kappa shape index (κ3) is 5.23. The molecule has 2 nitrogen and oxygen atoms in total. The van der Waals surface area contributed by atoms with Gasteiger partial charge < -0.3 is 0 Å². The molecule has 1 fully saturated rings. The third-order valence-corrected chi connectivity index (χ3v) is 4.69. The molecule has 0 aromatic heterocycles. The number of rotatable bonds is 6. The summed E-state index contributed by atoms with van der Waals surface area (Å²) in [5.74, 6) is 7.81. The van der Waals surface area contributed by atoms with Crippen LogP contribution in [0, 0.1) is 5.92 Å². The minimum atomic E-state index is 0.536. The number of nitrogens with one attached hydrogen (secondary N) is 1. The van der Waals surface area contributed by atoms with Crippen molar-refractivity contribution >= 4 is 11.8 Å². The van der Waals surface area contributed by atoms with E-state index in [0.29, 0.717) is 6.04 Å². The van der Waals surface area contributed by atoms with Crippen LogP contribution >= 0.6 is 11.8 Å². The van der Waals surface area contributed by atoms with Crippen LogP contribution in [0.25, 0.3) is 0 Å². The zero-order chi connectivity index (χ0) is 11.1. The lowest BCUT2D eigenvalue weighted by molar-refractivity contribution is 0.416. The van der Waals surface area contributed by atoms with Crippen molar-refractivity contribution in [2.75, 3.05) is 5.75 Å². The second-order valence-electron chi connectivity index (χ2n) is 5.00. The van der Waals surface area contributed by atoms with Gasteiger partial charge in [0.05, 0.1) is 0 Å². The number of nitrogens with two attached hydrogens (primary N) is 1. The average Bonchev–Trinajstić information content (AvgIpc) is 2.25. The summed E-state index contributed by atoms with van der Waals surface area (Å²) in [6.07, 6.45) is 8.01. The van der Waals surface area contributed by atoms with E-state index in [0.717, 1.165) is 11.2 Å². The summed E-state index contributed by atoms with van der Waals surface area (Å²) in [5, 5.41) is 0.760. The largest absolute Gasteiger partial charge is 0.271 e. The van der Waals surface area contributed by atoms with Crippen LogP contribution in [0.4, 0.5) is 0 Å². The van der Waals surface area contributed by atoms with E-state index in [1.165, 1.54) is 44.3 Å². The summed E-state index contributed by atoms with van der Waals surface area (Å²) in [5.41, 5.74) is 3.02. The predicted octanol–water partition coefficient (Wildman–Crippen LogP) is 2.93. The number of thioether (sulfide) groups is 1. The maximum atomic E-state index is 5.66. The van der Waals surface area contributed by atoms with Crippen LogP contribution in [0.3, 0.4) is 0 Å². The lowest BCUT2D eigenvalue weighted by Gasteiger charge is -2.29. The Balaban J connectivity index is 2.21.